The maximum absolute atomic E-state index is 5.34. The first-order chi connectivity index (χ1) is 11.3. The lowest BCUT2D eigenvalue weighted by Gasteiger charge is -2.10. The molecule has 0 spiro atoms. The minimum absolute atomic E-state index is 0.579. The van der Waals surface area contributed by atoms with E-state index in [-0.39, 0.29) is 0 Å². The fourth-order valence-corrected chi connectivity index (χ4v) is 2.18. The van der Waals surface area contributed by atoms with Gasteiger partial charge in [0, 0.05) is 18.2 Å². The van der Waals surface area contributed by atoms with Gasteiger partial charge in [0.15, 0.2) is 0 Å². The Hall–Kier alpha value is -3.02. The normalized spacial score (nSPS) is 10.3. The van der Waals surface area contributed by atoms with Gasteiger partial charge in [-0.1, -0.05) is 18.2 Å². The minimum atomic E-state index is 0.579. The van der Waals surface area contributed by atoms with Crippen molar-refractivity contribution in [3.8, 4) is 5.75 Å². The highest BCUT2D eigenvalue weighted by molar-refractivity contribution is 5.47. The number of hydrogen-bond acceptors (Lipinski definition) is 6. The third-order valence-corrected chi connectivity index (χ3v) is 3.34. The minimum Gasteiger partial charge on any atom is -0.496 e. The predicted octanol–water partition coefficient (Wildman–Crippen LogP) is 3.30. The molecular formula is C17H18N4O2. The molecule has 0 saturated carbocycles. The van der Waals surface area contributed by atoms with E-state index in [9.17, 15) is 0 Å². The fraction of sp³-hybridized carbons (Fsp3) is 0.176. The number of aromatic nitrogens is 2. The number of benzene rings is 1. The van der Waals surface area contributed by atoms with Crippen molar-refractivity contribution in [3.63, 3.8) is 0 Å². The molecule has 3 rings (SSSR count). The highest BCUT2D eigenvalue weighted by atomic mass is 16.5. The Morgan fingerprint density at radius 3 is 2.52 bits per heavy atom. The zero-order valence-corrected chi connectivity index (χ0v) is 12.8. The molecule has 118 valence electrons. The molecule has 6 heteroatoms. The SMILES string of the molecule is COc1ccccc1CNc1cc(NCc2ccco2)ncn1. The van der Waals surface area contributed by atoms with Gasteiger partial charge in [0.25, 0.3) is 0 Å². The Bertz CT molecular complexity index is 744. The van der Waals surface area contributed by atoms with E-state index in [2.05, 4.69) is 20.6 Å². The second-order valence-corrected chi connectivity index (χ2v) is 4.89. The number of furan rings is 1. The lowest BCUT2D eigenvalue weighted by Crippen LogP contribution is -2.05. The van der Waals surface area contributed by atoms with Crippen LogP contribution in [0.4, 0.5) is 11.6 Å². The molecule has 3 aromatic rings. The molecule has 2 heterocycles. The van der Waals surface area contributed by atoms with Crippen LogP contribution in [0.3, 0.4) is 0 Å². The first kappa shape index (κ1) is 14.9. The van der Waals surface area contributed by atoms with E-state index < -0.39 is 0 Å². The van der Waals surface area contributed by atoms with Gasteiger partial charge in [0.05, 0.1) is 19.9 Å². The molecule has 0 radical (unpaired) electrons. The molecular weight excluding hydrogens is 292 g/mol. The fourth-order valence-electron chi connectivity index (χ4n) is 2.18. The van der Waals surface area contributed by atoms with Gasteiger partial charge < -0.3 is 19.8 Å². The summed E-state index contributed by atoms with van der Waals surface area (Å²) in [6, 6.07) is 13.5. The van der Waals surface area contributed by atoms with Crippen molar-refractivity contribution in [2.24, 2.45) is 0 Å². The largest absolute Gasteiger partial charge is 0.496 e. The Kier molecular flexibility index (Phi) is 4.73. The van der Waals surface area contributed by atoms with Crippen molar-refractivity contribution in [1.82, 2.24) is 9.97 Å². The van der Waals surface area contributed by atoms with E-state index in [1.54, 1.807) is 13.4 Å². The van der Waals surface area contributed by atoms with Crippen molar-refractivity contribution in [3.05, 3.63) is 66.4 Å². The molecule has 0 unspecified atom stereocenters. The molecule has 2 aromatic heterocycles. The molecule has 2 N–H and O–H groups in total. The molecule has 6 nitrogen and oxygen atoms in total. The maximum atomic E-state index is 5.34. The number of rotatable bonds is 7. The Balaban J connectivity index is 1.61. The lowest BCUT2D eigenvalue weighted by molar-refractivity contribution is 0.410. The van der Waals surface area contributed by atoms with Gasteiger partial charge in [0.2, 0.25) is 0 Å². The first-order valence-corrected chi connectivity index (χ1v) is 7.29. The van der Waals surface area contributed by atoms with E-state index in [0.717, 1.165) is 28.7 Å². The average Bonchev–Trinajstić information content (AvgIpc) is 3.12. The van der Waals surface area contributed by atoms with Crippen LogP contribution < -0.4 is 15.4 Å². The summed E-state index contributed by atoms with van der Waals surface area (Å²) < 4.78 is 10.6. The number of nitrogens with one attached hydrogen (secondary N) is 2. The Morgan fingerprint density at radius 1 is 1.00 bits per heavy atom. The summed E-state index contributed by atoms with van der Waals surface area (Å²) in [5.74, 6) is 3.18. The zero-order valence-electron chi connectivity index (χ0n) is 12.8. The van der Waals surface area contributed by atoms with Crippen molar-refractivity contribution >= 4 is 11.6 Å². The summed E-state index contributed by atoms with van der Waals surface area (Å²) >= 11 is 0. The summed E-state index contributed by atoms with van der Waals surface area (Å²) in [4.78, 5) is 8.43. The van der Waals surface area contributed by atoms with E-state index in [0.29, 0.717) is 13.1 Å². The quantitative estimate of drug-likeness (QED) is 0.697. The second kappa shape index (κ2) is 7.31. The number of methoxy groups -OCH3 is 1. The van der Waals surface area contributed by atoms with Crippen molar-refractivity contribution < 1.29 is 9.15 Å². The van der Waals surface area contributed by atoms with E-state index in [4.69, 9.17) is 9.15 Å². The molecule has 0 aliphatic rings. The molecule has 0 amide bonds. The highest BCUT2D eigenvalue weighted by Gasteiger charge is 2.03. The van der Waals surface area contributed by atoms with Gasteiger partial charge in [-0.25, -0.2) is 9.97 Å². The topological polar surface area (TPSA) is 72.2 Å². The van der Waals surface area contributed by atoms with Crippen LogP contribution >= 0.6 is 0 Å². The second-order valence-electron chi connectivity index (χ2n) is 4.89. The van der Waals surface area contributed by atoms with Gasteiger partial charge in [0.1, 0.15) is 29.5 Å². The van der Waals surface area contributed by atoms with Crippen LogP contribution in [0.25, 0.3) is 0 Å². The molecule has 0 aliphatic heterocycles. The molecule has 0 atom stereocenters. The summed E-state index contributed by atoms with van der Waals surface area (Å²) in [7, 11) is 1.67. The van der Waals surface area contributed by atoms with Gasteiger partial charge in [-0.2, -0.15) is 0 Å². The van der Waals surface area contributed by atoms with Crippen LogP contribution in [-0.2, 0) is 13.1 Å². The number of para-hydroxylation sites is 1. The van der Waals surface area contributed by atoms with Gasteiger partial charge in [-0.3, -0.25) is 0 Å². The number of nitrogens with zero attached hydrogens (tertiary/aromatic N) is 2. The van der Waals surface area contributed by atoms with E-state index in [1.807, 2.05) is 42.5 Å². The van der Waals surface area contributed by atoms with Crippen LogP contribution in [0.2, 0.25) is 0 Å². The molecule has 1 aromatic carbocycles. The average molecular weight is 310 g/mol. The smallest absolute Gasteiger partial charge is 0.131 e. The monoisotopic (exact) mass is 310 g/mol. The van der Waals surface area contributed by atoms with Gasteiger partial charge >= 0.3 is 0 Å². The predicted molar refractivity (Wildman–Crippen MR) is 88.4 cm³/mol. The number of anilines is 2. The van der Waals surface area contributed by atoms with E-state index >= 15 is 0 Å². The highest BCUT2D eigenvalue weighted by Crippen LogP contribution is 2.19. The lowest BCUT2D eigenvalue weighted by atomic mass is 10.2. The van der Waals surface area contributed by atoms with Crippen LogP contribution in [0.15, 0.2) is 59.5 Å². The summed E-state index contributed by atoms with van der Waals surface area (Å²) in [5.41, 5.74) is 1.07. The molecule has 0 fully saturated rings. The first-order valence-electron chi connectivity index (χ1n) is 7.29. The number of hydrogen-bond donors (Lipinski definition) is 2. The molecule has 23 heavy (non-hydrogen) atoms. The van der Waals surface area contributed by atoms with Crippen molar-refractivity contribution in [2.45, 2.75) is 13.1 Å². The van der Waals surface area contributed by atoms with Crippen LogP contribution in [0.1, 0.15) is 11.3 Å². The molecule has 0 bridgehead atoms. The zero-order chi connectivity index (χ0) is 15.9. The van der Waals surface area contributed by atoms with Crippen molar-refractivity contribution in [2.75, 3.05) is 17.7 Å². The summed E-state index contributed by atoms with van der Waals surface area (Å²) in [5, 5.41) is 6.47. The van der Waals surface area contributed by atoms with Crippen molar-refractivity contribution in [1.29, 1.82) is 0 Å². The standard InChI is InChI=1S/C17H18N4O2/c1-22-15-7-3-2-5-13(15)10-18-16-9-17(21-12-20-16)19-11-14-6-4-8-23-14/h2-9,12H,10-11H2,1H3,(H2,18,19,20,21). The Labute approximate surface area is 134 Å². The number of ether oxygens (including phenoxy) is 1. The molecule has 0 aliphatic carbocycles. The van der Waals surface area contributed by atoms with Gasteiger partial charge in [-0.15, -0.1) is 0 Å². The summed E-state index contributed by atoms with van der Waals surface area (Å²) in [6.45, 7) is 1.20. The van der Waals surface area contributed by atoms with Crippen LogP contribution in [0, 0.1) is 0 Å². The Morgan fingerprint density at radius 2 is 1.78 bits per heavy atom. The third kappa shape index (κ3) is 4.00. The van der Waals surface area contributed by atoms with E-state index in [1.165, 1.54) is 6.33 Å². The molecule has 0 saturated heterocycles. The van der Waals surface area contributed by atoms with Gasteiger partial charge in [-0.05, 0) is 18.2 Å². The summed E-state index contributed by atoms with van der Waals surface area (Å²) in [6.07, 6.45) is 3.17. The van der Waals surface area contributed by atoms with Crippen LogP contribution in [0.5, 0.6) is 5.75 Å². The maximum Gasteiger partial charge on any atom is 0.131 e. The van der Waals surface area contributed by atoms with Crippen LogP contribution in [-0.4, -0.2) is 17.1 Å². The third-order valence-electron chi connectivity index (χ3n) is 3.34.